The molecule has 7 nitrogen and oxygen atoms in total. The normalized spacial score (nSPS) is 17.8. The molecule has 2 N–H and O–H groups in total. The van der Waals surface area contributed by atoms with E-state index in [0.717, 1.165) is 12.1 Å². The van der Waals surface area contributed by atoms with E-state index in [-0.39, 0.29) is 36.2 Å². The molecule has 2 amide bonds. The number of halogens is 3. The molecule has 1 aromatic rings. The number of hydrogen-bond acceptors (Lipinski definition) is 5. The van der Waals surface area contributed by atoms with E-state index in [1.807, 2.05) is 25.7 Å². The molecule has 0 saturated carbocycles. The number of benzene rings is 1. The molecule has 162 valence electrons. The van der Waals surface area contributed by atoms with Gasteiger partial charge in [-0.1, -0.05) is 0 Å². The third-order valence-corrected chi connectivity index (χ3v) is 4.00. The topological polar surface area (TPSA) is 79.9 Å². The van der Waals surface area contributed by atoms with Gasteiger partial charge in [-0.25, -0.2) is 4.39 Å². The molecule has 0 bridgehead atoms. The van der Waals surface area contributed by atoms with Crippen molar-refractivity contribution in [3.63, 3.8) is 0 Å². The van der Waals surface area contributed by atoms with Crippen LogP contribution in [0.25, 0.3) is 0 Å². The number of ether oxygens (including phenoxy) is 2. The lowest BCUT2D eigenvalue weighted by molar-refractivity contribution is -0.125. The minimum atomic E-state index is -3.19. The maximum Gasteiger partial charge on any atom is 0.387 e. The Bertz CT molecular complexity index is 725. The zero-order valence-corrected chi connectivity index (χ0v) is 16.6. The Balaban J connectivity index is 1.86. The summed E-state index contributed by atoms with van der Waals surface area (Å²) in [7, 11) is 0. The lowest BCUT2D eigenvalue weighted by Gasteiger charge is -2.33. The summed E-state index contributed by atoms with van der Waals surface area (Å²) in [4.78, 5) is 26.2. The molecule has 0 radical (unpaired) electrons. The van der Waals surface area contributed by atoms with Crippen LogP contribution in [-0.4, -0.2) is 67.8 Å². The minimum Gasteiger partial charge on any atom is -0.432 e. The zero-order chi connectivity index (χ0) is 21.6. The van der Waals surface area contributed by atoms with Gasteiger partial charge in [0, 0.05) is 30.7 Å². The molecule has 1 atom stereocenters. The number of amides is 2. The Kier molecular flexibility index (Phi) is 7.86. The van der Waals surface area contributed by atoms with Gasteiger partial charge in [-0.3, -0.25) is 14.5 Å². The summed E-state index contributed by atoms with van der Waals surface area (Å²) in [6, 6.07) is 2.98. The van der Waals surface area contributed by atoms with Crippen molar-refractivity contribution < 1.29 is 32.2 Å². The van der Waals surface area contributed by atoms with Crippen molar-refractivity contribution in [3.8, 4) is 5.75 Å². The fourth-order valence-corrected chi connectivity index (χ4v) is 2.85. The summed E-state index contributed by atoms with van der Waals surface area (Å²) in [6.45, 7) is 4.32. The third kappa shape index (κ3) is 7.90. The fraction of sp³-hybridized carbons (Fsp3) is 0.579. The average molecular weight is 417 g/mol. The SMILES string of the molecule is CC(C)(C)NC(=O)CN1CCO[C@H](CNC(=O)c2ccc(F)c(OC(F)F)c2)C1. The van der Waals surface area contributed by atoms with Gasteiger partial charge in [0.25, 0.3) is 5.91 Å². The van der Waals surface area contributed by atoms with Crippen LogP contribution in [0.3, 0.4) is 0 Å². The maximum absolute atomic E-state index is 13.5. The number of morpholine rings is 1. The second kappa shape index (κ2) is 9.93. The van der Waals surface area contributed by atoms with Crippen LogP contribution in [-0.2, 0) is 9.53 Å². The van der Waals surface area contributed by atoms with E-state index >= 15 is 0 Å². The van der Waals surface area contributed by atoms with Gasteiger partial charge in [0.1, 0.15) is 0 Å². The molecule has 10 heteroatoms. The first-order chi connectivity index (χ1) is 13.5. The van der Waals surface area contributed by atoms with Crippen molar-refractivity contribution in [2.75, 3.05) is 32.8 Å². The van der Waals surface area contributed by atoms with Gasteiger partial charge in [-0.2, -0.15) is 8.78 Å². The van der Waals surface area contributed by atoms with Crippen LogP contribution in [0.15, 0.2) is 18.2 Å². The molecular formula is C19H26F3N3O4. The summed E-state index contributed by atoms with van der Waals surface area (Å²) >= 11 is 0. The van der Waals surface area contributed by atoms with Gasteiger partial charge in [0.05, 0.1) is 19.3 Å². The van der Waals surface area contributed by atoms with E-state index in [4.69, 9.17) is 4.74 Å². The molecule has 1 aliphatic rings. The van der Waals surface area contributed by atoms with Crippen LogP contribution in [0, 0.1) is 5.82 Å². The Morgan fingerprint density at radius 2 is 2.07 bits per heavy atom. The summed E-state index contributed by atoms with van der Waals surface area (Å²) in [5.74, 6) is -2.35. The van der Waals surface area contributed by atoms with Crippen molar-refractivity contribution in [3.05, 3.63) is 29.6 Å². The monoisotopic (exact) mass is 417 g/mol. The number of carbonyl (C=O) groups is 2. The highest BCUT2D eigenvalue weighted by Gasteiger charge is 2.24. The first-order valence-corrected chi connectivity index (χ1v) is 9.21. The van der Waals surface area contributed by atoms with Crippen molar-refractivity contribution >= 4 is 11.8 Å². The summed E-state index contributed by atoms with van der Waals surface area (Å²) in [5, 5.41) is 5.51. The highest BCUT2D eigenvalue weighted by atomic mass is 19.3. The van der Waals surface area contributed by atoms with Crippen molar-refractivity contribution in [2.45, 2.75) is 39.0 Å². The molecular weight excluding hydrogens is 391 g/mol. The van der Waals surface area contributed by atoms with Gasteiger partial charge < -0.3 is 20.1 Å². The van der Waals surface area contributed by atoms with Crippen LogP contribution in [0.5, 0.6) is 5.75 Å². The number of rotatable bonds is 7. The van der Waals surface area contributed by atoms with E-state index in [2.05, 4.69) is 15.4 Å². The Morgan fingerprint density at radius 1 is 1.34 bits per heavy atom. The highest BCUT2D eigenvalue weighted by molar-refractivity contribution is 5.94. The number of alkyl halides is 2. The van der Waals surface area contributed by atoms with Crippen molar-refractivity contribution in [1.82, 2.24) is 15.5 Å². The van der Waals surface area contributed by atoms with E-state index in [9.17, 15) is 22.8 Å². The molecule has 1 heterocycles. The minimum absolute atomic E-state index is 0.0146. The average Bonchev–Trinajstić information content (AvgIpc) is 2.59. The first kappa shape index (κ1) is 23.0. The summed E-state index contributed by atoms with van der Waals surface area (Å²) in [6.07, 6.45) is -0.340. The molecule has 1 aromatic carbocycles. The molecule has 1 aliphatic heterocycles. The Hall–Kier alpha value is -2.33. The van der Waals surface area contributed by atoms with Crippen LogP contribution in [0.2, 0.25) is 0 Å². The number of nitrogens with one attached hydrogen (secondary N) is 2. The number of nitrogens with zero attached hydrogens (tertiary/aromatic N) is 1. The lowest BCUT2D eigenvalue weighted by Crippen LogP contribution is -2.52. The van der Waals surface area contributed by atoms with Crippen molar-refractivity contribution in [1.29, 1.82) is 0 Å². The molecule has 0 unspecified atom stereocenters. The predicted octanol–water partition coefficient (Wildman–Crippen LogP) is 1.77. The van der Waals surface area contributed by atoms with Crippen LogP contribution in [0.1, 0.15) is 31.1 Å². The van der Waals surface area contributed by atoms with Crippen molar-refractivity contribution in [2.24, 2.45) is 0 Å². The molecule has 0 aromatic heterocycles. The fourth-order valence-electron chi connectivity index (χ4n) is 2.85. The third-order valence-electron chi connectivity index (χ3n) is 4.00. The van der Waals surface area contributed by atoms with Gasteiger partial charge in [-0.05, 0) is 39.0 Å². The standard InChI is InChI=1S/C19H26F3N3O4/c1-19(2,3)24-16(26)11-25-6-7-28-13(10-25)9-23-17(27)12-4-5-14(20)15(8-12)29-18(21)22/h4-5,8,13,18H,6-7,9-11H2,1-3H3,(H,23,27)(H,24,26)/t13-/m1/s1. The van der Waals surface area contributed by atoms with Crippen LogP contribution in [0.4, 0.5) is 13.2 Å². The first-order valence-electron chi connectivity index (χ1n) is 9.21. The van der Waals surface area contributed by atoms with Crippen LogP contribution < -0.4 is 15.4 Å². The maximum atomic E-state index is 13.5. The van der Waals surface area contributed by atoms with E-state index < -0.39 is 24.1 Å². The molecule has 29 heavy (non-hydrogen) atoms. The second-order valence-electron chi connectivity index (χ2n) is 7.76. The summed E-state index contributed by atoms with van der Waals surface area (Å²) in [5.41, 5.74) is -0.335. The summed E-state index contributed by atoms with van der Waals surface area (Å²) < 4.78 is 47.7. The smallest absolute Gasteiger partial charge is 0.387 e. The molecule has 2 rings (SSSR count). The molecule has 1 saturated heterocycles. The number of carbonyl (C=O) groups excluding carboxylic acids is 2. The molecule has 0 spiro atoms. The molecule has 0 aliphatic carbocycles. The van der Waals surface area contributed by atoms with Gasteiger partial charge in [0.15, 0.2) is 11.6 Å². The lowest BCUT2D eigenvalue weighted by atomic mass is 10.1. The Morgan fingerprint density at radius 3 is 2.72 bits per heavy atom. The number of hydrogen-bond donors (Lipinski definition) is 2. The largest absolute Gasteiger partial charge is 0.432 e. The van der Waals surface area contributed by atoms with E-state index in [1.54, 1.807) is 0 Å². The quantitative estimate of drug-likeness (QED) is 0.707. The molecule has 1 fully saturated rings. The zero-order valence-electron chi connectivity index (χ0n) is 16.6. The Labute approximate surface area is 167 Å². The highest BCUT2D eigenvalue weighted by Crippen LogP contribution is 2.21. The van der Waals surface area contributed by atoms with Gasteiger partial charge in [0.2, 0.25) is 5.91 Å². The van der Waals surface area contributed by atoms with Crippen LogP contribution >= 0.6 is 0 Å². The van der Waals surface area contributed by atoms with E-state index in [1.165, 1.54) is 6.07 Å². The van der Waals surface area contributed by atoms with Gasteiger partial charge >= 0.3 is 6.61 Å². The second-order valence-corrected chi connectivity index (χ2v) is 7.76. The van der Waals surface area contributed by atoms with Gasteiger partial charge in [-0.15, -0.1) is 0 Å². The predicted molar refractivity (Wildman–Crippen MR) is 99.4 cm³/mol. The van der Waals surface area contributed by atoms with E-state index in [0.29, 0.717) is 19.7 Å².